The van der Waals surface area contributed by atoms with E-state index in [2.05, 4.69) is 0 Å². The second-order valence-electron chi connectivity index (χ2n) is 6.78. The molecule has 0 atom stereocenters. The zero-order chi connectivity index (χ0) is 24.3. The first-order valence-electron chi connectivity index (χ1n) is 9.70. The molecule has 3 aromatic carbocycles. The fourth-order valence-corrected chi connectivity index (χ4v) is 3.69. The van der Waals surface area contributed by atoms with Crippen LogP contribution in [0.2, 0.25) is 0 Å². The minimum atomic E-state index is -0.911. The number of carbonyl (C=O) groups is 2. The maximum Gasteiger partial charge on any atom is 0.342 e. The number of rotatable bonds is 7. The Labute approximate surface area is 190 Å². The highest BCUT2D eigenvalue weighted by Gasteiger charge is 2.31. The lowest BCUT2D eigenvalue weighted by Crippen LogP contribution is -2.14. The van der Waals surface area contributed by atoms with Gasteiger partial charge in [0, 0.05) is 10.9 Å². The van der Waals surface area contributed by atoms with Gasteiger partial charge >= 0.3 is 11.9 Å². The van der Waals surface area contributed by atoms with Crippen LogP contribution < -0.4 is 18.9 Å². The summed E-state index contributed by atoms with van der Waals surface area (Å²) in [5, 5.41) is 11.7. The highest BCUT2D eigenvalue weighted by Crippen LogP contribution is 2.46. The monoisotopic (exact) mass is 456 g/mol. The first kappa shape index (κ1) is 23.5. The topological polar surface area (TPSA) is 110 Å². The van der Waals surface area contributed by atoms with Gasteiger partial charge in [0.15, 0.2) is 23.0 Å². The third-order valence-electron chi connectivity index (χ3n) is 5.24. The van der Waals surface area contributed by atoms with Crippen LogP contribution in [0.15, 0.2) is 30.3 Å². The lowest BCUT2D eigenvalue weighted by atomic mass is 9.88. The van der Waals surface area contributed by atoms with Crippen molar-refractivity contribution in [1.82, 2.24) is 0 Å². The van der Waals surface area contributed by atoms with E-state index in [1.165, 1.54) is 41.6 Å². The molecule has 0 spiro atoms. The number of fused-ring (bicyclic) bond motifs is 1. The molecule has 174 valence electrons. The van der Waals surface area contributed by atoms with E-state index < -0.39 is 17.7 Å². The van der Waals surface area contributed by atoms with Crippen LogP contribution in [0.3, 0.4) is 0 Å². The highest BCUT2D eigenvalue weighted by atomic mass is 16.5. The van der Waals surface area contributed by atoms with Crippen LogP contribution in [0.4, 0.5) is 0 Å². The summed E-state index contributed by atoms with van der Waals surface area (Å²) < 4.78 is 31.3. The molecule has 33 heavy (non-hydrogen) atoms. The van der Waals surface area contributed by atoms with E-state index in [0.29, 0.717) is 39.5 Å². The fraction of sp³-hybridized carbons (Fsp3) is 0.250. The van der Waals surface area contributed by atoms with Crippen molar-refractivity contribution in [2.45, 2.75) is 0 Å². The number of hydrogen-bond donors (Lipinski definition) is 1. The van der Waals surface area contributed by atoms with Gasteiger partial charge in [-0.15, -0.1) is 0 Å². The number of methoxy groups -OCH3 is 6. The average Bonchev–Trinajstić information content (AvgIpc) is 2.86. The third kappa shape index (κ3) is 3.93. The highest BCUT2D eigenvalue weighted by molar-refractivity contribution is 6.18. The first-order chi connectivity index (χ1) is 15.9. The Morgan fingerprint density at radius 2 is 1.12 bits per heavy atom. The molecule has 3 aromatic rings. The van der Waals surface area contributed by atoms with Gasteiger partial charge in [-0.05, 0) is 35.2 Å². The standard InChI is InChI=1S/C24H24O9/c1-28-15-8-7-12(9-16(15)29-2)19-13-10-17(30-3)18(31-4)11-14(13)22(25)21(24(27)33-6)20(19)23(26)32-5/h7-11,25H,1-6H3. The van der Waals surface area contributed by atoms with Crippen molar-refractivity contribution in [1.29, 1.82) is 0 Å². The molecule has 0 radical (unpaired) electrons. The van der Waals surface area contributed by atoms with Gasteiger partial charge in [-0.2, -0.15) is 0 Å². The molecule has 9 heteroatoms. The number of esters is 2. The predicted octanol–water partition coefficient (Wildman–Crippen LogP) is 3.82. The van der Waals surface area contributed by atoms with E-state index in [0.717, 1.165) is 7.11 Å². The lowest BCUT2D eigenvalue weighted by molar-refractivity contribution is 0.0553. The Morgan fingerprint density at radius 3 is 1.64 bits per heavy atom. The molecule has 0 fully saturated rings. The van der Waals surface area contributed by atoms with Gasteiger partial charge in [0.05, 0.1) is 48.2 Å². The zero-order valence-electron chi connectivity index (χ0n) is 19.1. The van der Waals surface area contributed by atoms with Crippen LogP contribution in [0.25, 0.3) is 21.9 Å². The van der Waals surface area contributed by atoms with Gasteiger partial charge < -0.3 is 33.5 Å². The van der Waals surface area contributed by atoms with E-state index in [1.807, 2.05) is 0 Å². The predicted molar refractivity (Wildman–Crippen MR) is 120 cm³/mol. The van der Waals surface area contributed by atoms with Gasteiger partial charge in [-0.3, -0.25) is 0 Å². The van der Waals surface area contributed by atoms with Crippen molar-refractivity contribution in [3.05, 3.63) is 41.5 Å². The Morgan fingerprint density at radius 1 is 0.636 bits per heavy atom. The van der Waals surface area contributed by atoms with Crippen LogP contribution in [0.1, 0.15) is 20.7 Å². The maximum atomic E-state index is 12.9. The van der Waals surface area contributed by atoms with Gasteiger partial charge in [0.1, 0.15) is 11.3 Å². The van der Waals surface area contributed by atoms with Crippen molar-refractivity contribution in [3.63, 3.8) is 0 Å². The number of phenolic OH excluding ortho intramolecular Hbond substituents is 1. The molecule has 0 heterocycles. The molecule has 0 aliphatic heterocycles. The van der Waals surface area contributed by atoms with Crippen molar-refractivity contribution in [2.24, 2.45) is 0 Å². The third-order valence-corrected chi connectivity index (χ3v) is 5.24. The molecule has 0 aliphatic carbocycles. The Kier molecular flexibility index (Phi) is 6.81. The average molecular weight is 456 g/mol. The molecule has 0 aromatic heterocycles. The Balaban J connectivity index is 2.61. The number of benzene rings is 3. The molecule has 0 unspecified atom stereocenters. The molecule has 9 nitrogen and oxygen atoms in total. The summed E-state index contributed by atoms with van der Waals surface area (Å²) in [7, 11) is 8.21. The molecule has 0 saturated heterocycles. The van der Waals surface area contributed by atoms with Crippen molar-refractivity contribution >= 4 is 22.7 Å². The normalized spacial score (nSPS) is 10.5. The van der Waals surface area contributed by atoms with Crippen LogP contribution in [0, 0.1) is 0 Å². The summed E-state index contributed by atoms with van der Waals surface area (Å²) in [5.74, 6) is -0.669. The number of hydrogen-bond acceptors (Lipinski definition) is 9. The second kappa shape index (κ2) is 9.56. The summed E-state index contributed by atoms with van der Waals surface area (Å²) in [6.07, 6.45) is 0. The summed E-state index contributed by atoms with van der Waals surface area (Å²) in [4.78, 5) is 25.7. The Hall–Kier alpha value is -4.14. The second-order valence-corrected chi connectivity index (χ2v) is 6.78. The lowest BCUT2D eigenvalue weighted by Gasteiger charge is -2.20. The number of phenols is 1. The summed E-state index contributed by atoms with van der Waals surface area (Å²) >= 11 is 0. The minimum absolute atomic E-state index is 0.172. The largest absolute Gasteiger partial charge is 0.506 e. The molecule has 0 bridgehead atoms. The van der Waals surface area contributed by atoms with Crippen LogP contribution >= 0.6 is 0 Å². The Bertz CT molecular complexity index is 1230. The van der Waals surface area contributed by atoms with Gasteiger partial charge in [0.25, 0.3) is 0 Å². The molecule has 1 N–H and O–H groups in total. The summed E-state index contributed by atoms with van der Waals surface area (Å²) in [6.45, 7) is 0. The van der Waals surface area contributed by atoms with Crippen LogP contribution in [0.5, 0.6) is 28.7 Å². The molecular weight excluding hydrogens is 432 g/mol. The van der Waals surface area contributed by atoms with Crippen molar-refractivity contribution in [2.75, 3.05) is 42.7 Å². The molecular formula is C24H24O9. The van der Waals surface area contributed by atoms with Gasteiger partial charge in [0.2, 0.25) is 0 Å². The van der Waals surface area contributed by atoms with E-state index in [-0.39, 0.29) is 16.5 Å². The summed E-state index contributed by atoms with van der Waals surface area (Å²) in [6, 6.07) is 8.12. The number of carbonyl (C=O) groups excluding carboxylic acids is 2. The van der Waals surface area contributed by atoms with E-state index >= 15 is 0 Å². The molecule has 0 aliphatic rings. The van der Waals surface area contributed by atoms with Gasteiger partial charge in [-0.25, -0.2) is 9.59 Å². The molecule has 0 saturated carbocycles. The molecule has 0 amide bonds. The van der Waals surface area contributed by atoms with Gasteiger partial charge in [-0.1, -0.05) is 6.07 Å². The van der Waals surface area contributed by atoms with Crippen molar-refractivity contribution < 1.29 is 43.1 Å². The van der Waals surface area contributed by atoms with Crippen LogP contribution in [-0.4, -0.2) is 59.7 Å². The quantitative estimate of drug-likeness (QED) is 0.531. The van der Waals surface area contributed by atoms with E-state index in [4.69, 9.17) is 28.4 Å². The zero-order valence-corrected chi connectivity index (χ0v) is 19.1. The van der Waals surface area contributed by atoms with Crippen molar-refractivity contribution in [3.8, 4) is 39.9 Å². The SMILES string of the molecule is COC(=O)c1c(C(=O)OC)c(-c2ccc(OC)c(OC)c2)c2cc(OC)c(OC)cc2c1O. The number of aromatic hydroxyl groups is 1. The smallest absolute Gasteiger partial charge is 0.342 e. The minimum Gasteiger partial charge on any atom is -0.506 e. The van der Waals surface area contributed by atoms with E-state index in [9.17, 15) is 14.7 Å². The maximum absolute atomic E-state index is 12.9. The fourth-order valence-electron chi connectivity index (χ4n) is 3.69. The number of ether oxygens (including phenoxy) is 6. The van der Waals surface area contributed by atoms with Crippen LogP contribution in [-0.2, 0) is 9.47 Å². The van der Waals surface area contributed by atoms with E-state index in [1.54, 1.807) is 24.3 Å². The molecule has 3 rings (SSSR count). The first-order valence-corrected chi connectivity index (χ1v) is 9.70. The summed E-state index contributed by atoms with van der Waals surface area (Å²) in [5.41, 5.74) is 0.287.